The average Bonchev–Trinajstić information content (AvgIpc) is 2.35. The van der Waals surface area contributed by atoms with Crippen LogP contribution in [0.2, 0.25) is 5.02 Å². The van der Waals surface area contributed by atoms with Crippen LogP contribution in [-0.2, 0) is 12.8 Å². The van der Waals surface area contributed by atoms with Crippen molar-refractivity contribution in [3.63, 3.8) is 0 Å². The molecule has 0 bridgehead atoms. The summed E-state index contributed by atoms with van der Waals surface area (Å²) in [4.78, 5) is 0. The van der Waals surface area contributed by atoms with Crippen LogP contribution in [0.1, 0.15) is 16.7 Å². The van der Waals surface area contributed by atoms with Crippen molar-refractivity contribution in [2.45, 2.75) is 12.8 Å². The van der Waals surface area contributed by atoms with Gasteiger partial charge in [-0.3, -0.25) is 0 Å². The molecule has 18 heavy (non-hydrogen) atoms. The minimum absolute atomic E-state index is 0.219. The van der Waals surface area contributed by atoms with Gasteiger partial charge in [0.25, 0.3) is 0 Å². The molecule has 0 radical (unpaired) electrons. The summed E-state index contributed by atoms with van der Waals surface area (Å²) in [5.74, 6) is -0.219. The normalized spacial score (nSPS) is 10.6. The van der Waals surface area contributed by atoms with E-state index in [0.717, 1.165) is 12.0 Å². The lowest BCUT2D eigenvalue weighted by Crippen LogP contribution is -2.03. The lowest BCUT2D eigenvalue weighted by atomic mass is 10.0. The maximum Gasteiger partial charge on any atom is 0.126 e. The zero-order chi connectivity index (χ0) is 13.0. The molecule has 0 heterocycles. The van der Waals surface area contributed by atoms with Crippen LogP contribution >= 0.6 is 11.6 Å². The van der Waals surface area contributed by atoms with E-state index in [1.54, 1.807) is 12.1 Å². The van der Waals surface area contributed by atoms with Crippen molar-refractivity contribution in [3.05, 3.63) is 70.0 Å². The predicted octanol–water partition coefficient (Wildman–Crippen LogP) is 3.57. The van der Waals surface area contributed by atoms with E-state index in [4.69, 9.17) is 17.3 Å². The predicted molar refractivity (Wildman–Crippen MR) is 73.4 cm³/mol. The summed E-state index contributed by atoms with van der Waals surface area (Å²) < 4.78 is 13.6. The topological polar surface area (TPSA) is 26.0 Å². The molecule has 0 fully saturated rings. The van der Waals surface area contributed by atoms with Crippen molar-refractivity contribution in [2.24, 2.45) is 5.73 Å². The molecule has 0 spiro atoms. The average molecular weight is 264 g/mol. The first-order chi connectivity index (χ1) is 8.69. The van der Waals surface area contributed by atoms with Crippen LogP contribution in [0, 0.1) is 5.82 Å². The van der Waals surface area contributed by atoms with Gasteiger partial charge in [0, 0.05) is 11.4 Å². The molecular weight excluding hydrogens is 249 g/mol. The van der Waals surface area contributed by atoms with Crippen molar-refractivity contribution in [2.75, 3.05) is 6.54 Å². The van der Waals surface area contributed by atoms with E-state index in [9.17, 15) is 4.39 Å². The van der Waals surface area contributed by atoms with Crippen LogP contribution in [0.15, 0.2) is 42.5 Å². The van der Waals surface area contributed by atoms with E-state index < -0.39 is 0 Å². The summed E-state index contributed by atoms with van der Waals surface area (Å²) in [5.41, 5.74) is 8.40. The number of hydrogen-bond donors (Lipinski definition) is 1. The molecule has 0 amide bonds. The van der Waals surface area contributed by atoms with Gasteiger partial charge in [-0.1, -0.05) is 35.9 Å². The highest BCUT2D eigenvalue weighted by atomic mass is 35.5. The molecule has 0 saturated heterocycles. The van der Waals surface area contributed by atoms with Crippen LogP contribution < -0.4 is 5.73 Å². The summed E-state index contributed by atoms with van der Waals surface area (Å²) in [7, 11) is 0. The molecule has 0 saturated carbocycles. The maximum absolute atomic E-state index is 13.6. The lowest BCUT2D eigenvalue weighted by molar-refractivity contribution is 0.614. The van der Waals surface area contributed by atoms with Crippen molar-refractivity contribution in [3.8, 4) is 0 Å². The standard InChI is InChI=1S/C15H15ClFN/c16-14-4-5-15(17)13(10-14)9-12-3-1-2-11(8-12)6-7-18/h1-5,8,10H,6-7,9,18H2. The van der Waals surface area contributed by atoms with Gasteiger partial charge in [0.05, 0.1) is 0 Å². The molecule has 0 unspecified atom stereocenters. The molecule has 0 atom stereocenters. The summed E-state index contributed by atoms with van der Waals surface area (Å²) >= 11 is 5.88. The van der Waals surface area contributed by atoms with Crippen molar-refractivity contribution in [1.29, 1.82) is 0 Å². The van der Waals surface area contributed by atoms with E-state index >= 15 is 0 Å². The number of hydrogen-bond acceptors (Lipinski definition) is 1. The van der Waals surface area contributed by atoms with Crippen molar-refractivity contribution >= 4 is 11.6 Å². The molecule has 2 aromatic rings. The zero-order valence-corrected chi connectivity index (χ0v) is 10.8. The van der Waals surface area contributed by atoms with E-state index in [0.29, 0.717) is 23.6 Å². The minimum Gasteiger partial charge on any atom is -0.330 e. The summed E-state index contributed by atoms with van der Waals surface area (Å²) in [5, 5.41) is 0.560. The highest BCUT2D eigenvalue weighted by molar-refractivity contribution is 6.30. The number of rotatable bonds is 4. The Labute approximate surface area is 111 Å². The van der Waals surface area contributed by atoms with Crippen LogP contribution in [-0.4, -0.2) is 6.54 Å². The first kappa shape index (κ1) is 13.1. The first-order valence-corrected chi connectivity index (χ1v) is 6.28. The minimum atomic E-state index is -0.219. The molecule has 2 aromatic carbocycles. The molecule has 0 aliphatic heterocycles. The van der Waals surface area contributed by atoms with Gasteiger partial charge in [-0.2, -0.15) is 0 Å². The Morgan fingerprint density at radius 2 is 1.83 bits per heavy atom. The monoisotopic (exact) mass is 263 g/mol. The number of nitrogens with two attached hydrogens (primary N) is 1. The van der Waals surface area contributed by atoms with E-state index in [-0.39, 0.29) is 5.82 Å². The molecule has 94 valence electrons. The Kier molecular flexibility index (Phi) is 4.34. The molecule has 2 N–H and O–H groups in total. The number of benzene rings is 2. The zero-order valence-electron chi connectivity index (χ0n) is 10.00. The summed E-state index contributed by atoms with van der Waals surface area (Å²) in [6.07, 6.45) is 1.39. The third-order valence-electron chi connectivity index (χ3n) is 2.83. The Hall–Kier alpha value is -1.38. The Morgan fingerprint density at radius 1 is 1.06 bits per heavy atom. The number of halogens is 2. The Balaban J connectivity index is 2.22. The highest BCUT2D eigenvalue weighted by Crippen LogP contribution is 2.19. The molecule has 3 heteroatoms. The van der Waals surface area contributed by atoms with Crippen LogP contribution in [0.3, 0.4) is 0 Å². The molecule has 2 rings (SSSR count). The van der Waals surface area contributed by atoms with Gasteiger partial charge in [-0.15, -0.1) is 0 Å². The van der Waals surface area contributed by atoms with Crippen LogP contribution in [0.5, 0.6) is 0 Å². The lowest BCUT2D eigenvalue weighted by Gasteiger charge is -2.06. The second kappa shape index (κ2) is 5.98. The fourth-order valence-electron chi connectivity index (χ4n) is 1.96. The SMILES string of the molecule is NCCc1cccc(Cc2cc(Cl)ccc2F)c1. The third-order valence-corrected chi connectivity index (χ3v) is 3.06. The van der Waals surface area contributed by atoms with Crippen LogP contribution in [0.4, 0.5) is 4.39 Å². The smallest absolute Gasteiger partial charge is 0.126 e. The first-order valence-electron chi connectivity index (χ1n) is 5.91. The highest BCUT2D eigenvalue weighted by Gasteiger charge is 2.05. The molecule has 0 aromatic heterocycles. The fraction of sp³-hybridized carbons (Fsp3) is 0.200. The summed E-state index contributed by atoms with van der Waals surface area (Å²) in [6, 6.07) is 12.7. The van der Waals surface area contributed by atoms with Gasteiger partial charge >= 0.3 is 0 Å². The molecular formula is C15H15ClFN. The van der Waals surface area contributed by atoms with Gasteiger partial charge in [-0.25, -0.2) is 4.39 Å². The molecule has 0 aliphatic carbocycles. The van der Waals surface area contributed by atoms with Gasteiger partial charge in [0.1, 0.15) is 5.82 Å². The van der Waals surface area contributed by atoms with Gasteiger partial charge in [0.15, 0.2) is 0 Å². The van der Waals surface area contributed by atoms with E-state index in [1.165, 1.54) is 11.6 Å². The van der Waals surface area contributed by atoms with Gasteiger partial charge in [0.2, 0.25) is 0 Å². The van der Waals surface area contributed by atoms with E-state index in [2.05, 4.69) is 6.07 Å². The van der Waals surface area contributed by atoms with Gasteiger partial charge < -0.3 is 5.73 Å². The van der Waals surface area contributed by atoms with Crippen molar-refractivity contribution in [1.82, 2.24) is 0 Å². The molecule has 0 aliphatic rings. The van der Waals surface area contributed by atoms with Crippen LogP contribution in [0.25, 0.3) is 0 Å². The Bertz CT molecular complexity index is 540. The van der Waals surface area contributed by atoms with Crippen molar-refractivity contribution < 1.29 is 4.39 Å². The maximum atomic E-state index is 13.6. The van der Waals surface area contributed by atoms with Gasteiger partial charge in [-0.05, 0) is 47.9 Å². The second-order valence-electron chi connectivity index (χ2n) is 4.27. The quantitative estimate of drug-likeness (QED) is 0.897. The fourth-order valence-corrected chi connectivity index (χ4v) is 2.16. The largest absolute Gasteiger partial charge is 0.330 e. The van der Waals surface area contributed by atoms with E-state index in [1.807, 2.05) is 18.2 Å². The second-order valence-corrected chi connectivity index (χ2v) is 4.71. The molecule has 1 nitrogen and oxygen atoms in total. The third kappa shape index (κ3) is 3.31. The Morgan fingerprint density at radius 3 is 2.61 bits per heavy atom. The summed E-state index contributed by atoms with van der Waals surface area (Å²) in [6.45, 7) is 0.620.